The van der Waals surface area contributed by atoms with Gasteiger partial charge in [-0.15, -0.1) is 0 Å². The minimum atomic E-state index is -0.138. The van der Waals surface area contributed by atoms with Crippen LogP contribution in [-0.4, -0.2) is 12.6 Å². The minimum Gasteiger partial charge on any atom is -0.314 e. The molecule has 0 saturated heterocycles. The largest absolute Gasteiger partial charge is 0.314 e. The molecule has 0 aliphatic rings. The van der Waals surface area contributed by atoms with Crippen molar-refractivity contribution < 1.29 is 4.39 Å². The van der Waals surface area contributed by atoms with Gasteiger partial charge >= 0.3 is 0 Å². The Kier molecular flexibility index (Phi) is 6.20. The highest BCUT2D eigenvalue weighted by molar-refractivity contribution is 5.17. The number of hydrogen-bond acceptors (Lipinski definition) is 1. The Labute approximate surface area is 104 Å². The van der Waals surface area contributed by atoms with Crippen LogP contribution in [0.4, 0.5) is 4.39 Å². The maximum absolute atomic E-state index is 13.1. The zero-order chi connectivity index (χ0) is 12.7. The van der Waals surface area contributed by atoms with Crippen LogP contribution in [0.3, 0.4) is 0 Å². The summed E-state index contributed by atoms with van der Waals surface area (Å²) in [4.78, 5) is 0. The van der Waals surface area contributed by atoms with E-state index in [2.05, 4.69) is 26.1 Å². The van der Waals surface area contributed by atoms with Crippen LogP contribution >= 0.6 is 0 Å². The molecule has 2 heteroatoms. The van der Waals surface area contributed by atoms with E-state index in [1.165, 1.54) is 12.5 Å². The summed E-state index contributed by atoms with van der Waals surface area (Å²) in [5, 5.41) is 3.49. The highest BCUT2D eigenvalue weighted by atomic mass is 19.1. The molecule has 0 saturated carbocycles. The summed E-state index contributed by atoms with van der Waals surface area (Å²) in [6, 6.07) is 7.39. The van der Waals surface area contributed by atoms with Gasteiger partial charge in [0.05, 0.1) is 0 Å². The van der Waals surface area contributed by atoms with Crippen molar-refractivity contribution in [1.29, 1.82) is 0 Å². The smallest absolute Gasteiger partial charge is 0.123 e. The summed E-state index contributed by atoms with van der Waals surface area (Å²) < 4.78 is 13.1. The standard InChI is InChI=1S/C15H24FN/c1-4-12(3)9-15(17-5-2)11-13-7-6-8-14(16)10-13/h6-8,10,12,15,17H,4-5,9,11H2,1-3H3. The molecule has 0 radical (unpaired) electrons. The summed E-state index contributed by atoms with van der Waals surface area (Å²) in [6.07, 6.45) is 3.27. The van der Waals surface area contributed by atoms with Gasteiger partial charge in [-0.25, -0.2) is 4.39 Å². The van der Waals surface area contributed by atoms with E-state index in [-0.39, 0.29) is 5.82 Å². The van der Waals surface area contributed by atoms with Gasteiger partial charge in [0, 0.05) is 6.04 Å². The molecule has 17 heavy (non-hydrogen) atoms. The maximum atomic E-state index is 13.1. The second-order valence-electron chi connectivity index (χ2n) is 4.84. The Morgan fingerprint density at radius 2 is 2.06 bits per heavy atom. The molecule has 2 atom stereocenters. The highest BCUT2D eigenvalue weighted by Gasteiger charge is 2.12. The number of halogens is 1. The Bertz CT molecular complexity index is 324. The van der Waals surface area contributed by atoms with Gasteiger partial charge in [0.2, 0.25) is 0 Å². The Balaban J connectivity index is 2.59. The normalized spacial score (nSPS) is 14.6. The first-order valence-corrected chi connectivity index (χ1v) is 6.63. The quantitative estimate of drug-likeness (QED) is 0.761. The van der Waals surface area contributed by atoms with Crippen LogP contribution < -0.4 is 5.32 Å². The number of rotatable bonds is 7. The third kappa shape index (κ3) is 5.31. The average molecular weight is 237 g/mol. The molecule has 1 rings (SSSR count). The second kappa shape index (κ2) is 7.44. The first-order valence-electron chi connectivity index (χ1n) is 6.63. The zero-order valence-corrected chi connectivity index (χ0v) is 11.2. The summed E-state index contributed by atoms with van der Waals surface area (Å²) >= 11 is 0. The van der Waals surface area contributed by atoms with Gasteiger partial charge in [0.15, 0.2) is 0 Å². The van der Waals surface area contributed by atoms with Gasteiger partial charge in [-0.05, 0) is 43.0 Å². The Morgan fingerprint density at radius 3 is 2.65 bits per heavy atom. The number of likely N-dealkylation sites (N-methyl/N-ethyl adjacent to an activating group) is 1. The van der Waals surface area contributed by atoms with E-state index in [4.69, 9.17) is 0 Å². The van der Waals surface area contributed by atoms with E-state index in [1.54, 1.807) is 12.1 Å². The van der Waals surface area contributed by atoms with E-state index >= 15 is 0 Å². The lowest BCUT2D eigenvalue weighted by Crippen LogP contribution is -2.32. The first-order chi connectivity index (χ1) is 8.15. The molecule has 1 aromatic carbocycles. The average Bonchev–Trinajstić information content (AvgIpc) is 2.29. The second-order valence-corrected chi connectivity index (χ2v) is 4.84. The lowest BCUT2D eigenvalue weighted by atomic mass is 9.94. The Morgan fingerprint density at radius 1 is 1.29 bits per heavy atom. The van der Waals surface area contributed by atoms with E-state index < -0.39 is 0 Å². The van der Waals surface area contributed by atoms with Gasteiger partial charge < -0.3 is 5.32 Å². The van der Waals surface area contributed by atoms with Crippen molar-refractivity contribution in [2.45, 2.75) is 46.1 Å². The van der Waals surface area contributed by atoms with Crippen molar-refractivity contribution in [3.05, 3.63) is 35.6 Å². The van der Waals surface area contributed by atoms with E-state index in [0.717, 1.165) is 24.9 Å². The van der Waals surface area contributed by atoms with Gasteiger partial charge in [-0.2, -0.15) is 0 Å². The fourth-order valence-corrected chi connectivity index (χ4v) is 2.13. The molecule has 0 aliphatic carbocycles. The van der Waals surface area contributed by atoms with E-state index in [1.807, 2.05) is 6.07 Å². The number of benzene rings is 1. The fraction of sp³-hybridized carbons (Fsp3) is 0.600. The van der Waals surface area contributed by atoms with Crippen molar-refractivity contribution in [2.75, 3.05) is 6.54 Å². The molecule has 0 bridgehead atoms. The van der Waals surface area contributed by atoms with Crippen LogP contribution in [0.15, 0.2) is 24.3 Å². The van der Waals surface area contributed by atoms with Gasteiger partial charge in [0.1, 0.15) is 5.82 Å². The molecule has 0 spiro atoms. The summed E-state index contributed by atoms with van der Waals surface area (Å²) in [5.74, 6) is 0.578. The molecule has 1 N–H and O–H groups in total. The van der Waals surface area contributed by atoms with Gasteiger partial charge in [0.25, 0.3) is 0 Å². The highest BCUT2D eigenvalue weighted by Crippen LogP contribution is 2.14. The zero-order valence-electron chi connectivity index (χ0n) is 11.2. The molecule has 1 nitrogen and oxygen atoms in total. The van der Waals surface area contributed by atoms with Crippen LogP contribution in [0, 0.1) is 11.7 Å². The van der Waals surface area contributed by atoms with Gasteiger partial charge in [-0.1, -0.05) is 39.3 Å². The Hall–Kier alpha value is -0.890. The molecule has 0 heterocycles. The van der Waals surface area contributed by atoms with Crippen molar-refractivity contribution >= 4 is 0 Å². The topological polar surface area (TPSA) is 12.0 Å². The lowest BCUT2D eigenvalue weighted by molar-refractivity contribution is 0.397. The molecular weight excluding hydrogens is 213 g/mol. The van der Waals surface area contributed by atoms with E-state index in [9.17, 15) is 4.39 Å². The minimum absolute atomic E-state index is 0.138. The summed E-state index contributed by atoms with van der Waals surface area (Å²) in [5.41, 5.74) is 1.08. The van der Waals surface area contributed by atoms with Crippen LogP contribution in [0.1, 0.15) is 39.2 Å². The molecule has 0 aliphatic heterocycles. The van der Waals surface area contributed by atoms with Crippen LogP contribution in [0.5, 0.6) is 0 Å². The molecule has 1 aromatic rings. The summed E-state index contributed by atoms with van der Waals surface area (Å²) in [7, 11) is 0. The van der Waals surface area contributed by atoms with Crippen molar-refractivity contribution in [3.63, 3.8) is 0 Å². The SMILES string of the molecule is CCNC(Cc1cccc(F)c1)CC(C)CC. The fourth-order valence-electron chi connectivity index (χ4n) is 2.13. The number of hydrogen-bond donors (Lipinski definition) is 1. The molecule has 0 fully saturated rings. The molecule has 96 valence electrons. The van der Waals surface area contributed by atoms with E-state index in [0.29, 0.717) is 12.0 Å². The molecule has 0 amide bonds. The third-order valence-electron chi connectivity index (χ3n) is 3.25. The van der Waals surface area contributed by atoms with Crippen LogP contribution in [0.25, 0.3) is 0 Å². The molecule has 2 unspecified atom stereocenters. The predicted molar refractivity (Wildman–Crippen MR) is 71.6 cm³/mol. The lowest BCUT2D eigenvalue weighted by Gasteiger charge is -2.21. The predicted octanol–water partition coefficient (Wildman–Crippen LogP) is 3.78. The maximum Gasteiger partial charge on any atom is 0.123 e. The number of nitrogens with one attached hydrogen (secondary N) is 1. The monoisotopic (exact) mass is 237 g/mol. The van der Waals surface area contributed by atoms with Crippen LogP contribution in [0.2, 0.25) is 0 Å². The van der Waals surface area contributed by atoms with Crippen molar-refractivity contribution in [1.82, 2.24) is 5.32 Å². The van der Waals surface area contributed by atoms with Crippen molar-refractivity contribution in [3.8, 4) is 0 Å². The van der Waals surface area contributed by atoms with Crippen molar-refractivity contribution in [2.24, 2.45) is 5.92 Å². The molecule has 0 aromatic heterocycles. The first kappa shape index (κ1) is 14.2. The summed E-state index contributed by atoms with van der Waals surface area (Å²) in [6.45, 7) is 7.58. The molecular formula is C15H24FN. The van der Waals surface area contributed by atoms with Gasteiger partial charge in [-0.3, -0.25) is 0 Å². The van der Waals surface area contributed by atoms with Crippen LogP contribution in [-0.2, 0) is 6.42 Å². The third-order valence-corrected chi connectivity index (χ3v) is 3.25.